The molecule has 3 amide bonds. The third-order valence-electron chi connectivity index (χ3n) is 7.36. The summed E-state index contributed by atoms with van der Waals surface area (Å²) in [4.78, 5) is 44.9. The fraction of sp³-hybridized carbons (Fsp3) is 0.355. The minimum absolute atomic E-state index is 0.0280. The third kappa shape index (κ3) is 6.09. The van der Waals surface area contributed by atoms with E-state index >= 15 is 0 Å². The maximum Gasteiger partial charge on any atom is 0.272 e. The van der Waals surface area contributed by atoms with Gasteiger partial charge in [-0.2, -0.15) is 0 Å². The number of benzene rings is 2. The zero-order valence-electron chi connectivity index (χ0n) is 23.2. The largest absolute Gasteiger partial charge is 0.493 e. The Balaban J connectivity index is 1.13. The van der Waals surface area contributed by atoms with E-state index in [-0.39, 0.29) is 30.2 Å². The lowest BCUT2D eigenvalue weighted by atomic mass is 10.0. The van der Waals surface area contributed by atoms with Crippen LogP contribution in [0.1, 0.15) is 64.1 Å². The quantitative estimate of drug-likeness (QED) is 0.373. The SMILES string of the molecule is Cc1ccc(NC(=O)c2cc(NC(=O)CCCOc3cc4c(cc3C)C(=O)N3CCCC[C@H]3C=N4)cn2C)cc1. The van der Waals surface area contributed by atoms with Crippen molar-refractivity contribution in [3.8, 4) is 5.75 Å². The van der Waals surface area contributed by atoms with E-state index in [4.69, 9.17) is 4.74 Å². The Kier molecular flexibility index (Phi) is 8.00. The van der Waals surface area contributed by atoms with Gasteiger partial charge in [0.1, 0.15) is 11.4 Å². The molecule has 0 unspecified atom stereocenters. The number of hydrogen-bond donors (Lipinski definition) is 2. The van der Waals surface area contributed by atoms with E-state index in [2.05, 4.69) is 15.6 Å². The topological polar surface area (TPSA) is 105 Å². The molecule has 2 N–H and O–H groups in total. The van der Waals surface area contributed by atoms with Crippen molar-refractivity contribution in [3.63, 3.8) is 0 Å². The Morgan fingerprint density at radius 3 is 2.65 bits per heavy atom. The summed E-state index contributed by atoms with van der Waals surface area (Å²) < 4.78 is 7.66. The van der Waals surface area contributed by atoms with Gasteiger partial charge >= 0.3 is 0 Å². The van der Waals surface area contributed by atoms with Crippen LogP contribution in [0.25, 0.3) is 0 Å². The second kappa shape index (κ2) is 11.8. The summed E-state index contributed by atoms with van der Waals surface area (Å²) in [5.74, 6) is 0.278. The van der Waals surface area contributed by atoms with E-state index < -0.39 is 0 Å². The number of piperidine rings is 1. The number of amides is 3. The molecule has 2 aliphatic rings. The predicted molar refractivity (Wildman–Crippen MR) is 156 cm³/mol. The third-order valence-corrected chi connectivity index (χ3v) is 7.36. The molecular weight excluding hydrogens is 506 g/mol. The number of carbonyl (C=O) groups is 3. The van der Waals surface area contributed by atoms with Gasteiger partial charge in [-0.1, -0.05) is 17.7 Å². The van der Waals surface area contributed by atoms with Crippen LogP contribution in [0.4, 0.5) is 17.1 Å². The zero-order chi connectivity index (χ0) is 28.2. The molecule has 2 aromatic carbocycles. The second-order valence-electron chi connectivity index (χ2n) is 10.5. The van der Waals surface area contributed by atoms with Gasteiger partial charge in [-0.05, 0) is 69.4 Å². The van der Waals surface area contributed by atoms with Crippen molar-refractivity contribution in [1.82, 2.24) is 9.47 Å². The van der Waals surface area contributed by atoms with E-state index in [1.54, 1.807) is 23.9 Å². The highest BCUT2D eigenvalue weighted by molar-refractivity contribution is 6.05. The number of aryl methyl sites for hydroxylation is 3. The van der Waals surface area contributed by atoms with Crippen LogP contribution in [-0.2, 0) is 11.8 Å². The maximum absolute atomic E-state index is 13.1. The van der Waals surface area contributed by atoms with Crippen molar-refractivity contribution in [2.75, 3.05) is 23.8 Å². The van der Waals surface area contributed by atoms with Crippen molar-refractivity contribution < 1.29 is 19.1 Å². The molecule has 208 valence electrons. The predicted octanol–water partition coefficient (Wildman–Crippen LogP) is 5.40. The Morgan fingerprint density at radius 1 is 1.05 bits per heavy atom. The van der Waals surface area contributed by atoms with Gasteiger partial charge in [-0.3, -0.25) is 19.4 Å². The molecule has 40 heavy (non-hydrogen) atoms. The highest BCUT2D eigenvalue weighted by Gasteiger charge is 2.30. The summed E-state index contributed by atoms with van der Waals surface area (Å²) in [6, 6.07) is 13.0. The number of anilines is 2. The molecule has 9 nitrogen and oxygen atoms in total. The van der Waals surface area contributed by atoms with Crippen molar-refractivity contribution in [1.29, 1.82) is 0 Å². The van der Waals surface area contributed by atoms with Gasteiger partial charge in [0.25, 0.3) is 11.8 Å². The molecule has 0 saturated carbocycles. The Labute approximate surface area is 234 Å². The fourth-order valence-corrected chi connectivity index (χ4v) is 5.13. The number of nitrogens with one attached hydrogen (secondary N) is 2. The van der Waals surface area contributed by atoms with Crippen LogP contribution in [0, 0.1) is 13.8 Å². The van der Waals surface area contributed by atoms with Crippen LogP contribution >= 0.6 is 0 Å². The van der Waals surface area contributed by atoms with E-state index in [9.17, 15) is 14.4 Å². The minimum atomic E-state index is -0.252. The molecule has 3 heterocycles. The van der Waals surface area contributed by atoms with Crippen molar-refractivity contribution in [2.24, 2.45) is 12.0 Å². The number of carbonyl (C=O) groups excluding carboxylic acids is 3. The van der Waals surface area contributed by atoms with Crippen LogP contribution in [0.3, 0.4) is 0 Å². The number of rotatable bonds is 8. The van der Waals surface area contributed by atoms with Crippen LogP contribution in [0.15, 0.2) is 53.7 Å². The van der Waals surface area contributed by atoms with Crippen LogP contribution in [0.2, 0.25) is 0 Å². The molecule has 1 fully saturated rings. The molecule has 0 aliphatic carbocycles. The molecule has 5 rings (SSSR count). The van der Waals surface area contributed by atoms with Gasteiger partial charge < -0.3 is 24.8 Å². The minimum Gasteiger partial charge on any atom is -0.493 e. The van der Waals surface area contributed by atoms with Crippen molar-refractivity contribution in [2.45, 2.75) is 52.0 Å². The van der Waals surface area contributed by atoms with E-state index in [1.165, 1.54) is 0 Å². The molecule has 0 radical (unpaired) electrons. The standard InChI is InChI=1S/C31H35N5O4/c1-20-9-11-22(12-10-20)34-30(38)27-16-23(19-35(27)3)33-29(37)8-6-14-40-28-17-26-25(15-21(28)2)31(39)36-13-5-4-7-24(36)18-32-26/h9-12,15-19,24H,4-8,13-14H2,1-3H3,(H,33,37)(H,34,38)/t24-/m0/s1. The Hall–Kier alpha value is -4.40. The number of aliphatic imine (C=N–C) groups is 1. The second-order valence-corrected chi connectivity index (χ2v) is 10.5. The summed E-state index contributed by atoms with van der Waals surface area (Å²) >= 11 is 0. The Morgan fingerprint density at radius 2 is 1.85 bits per heavy atom. The van der Waals surface area contributed by atoms with Gasteiger partial charge in [-0.15, -0.1) is 0 Å². The normalized spacial score (nSPS) is 16.1. The molecule has 1 aromatic heterocycles. The fourth-order valence-electron chi connectivity index (χ4n) is 5.13. The summed E-state index contributed by atoms with van der Waals surface area (Å²) in [5.41, 5.74) is 4.92. The van der Waals surface area contributed by atoms with E-state index in [1.807, 2.05) is 61.4 Å². The summed E-state index contributed by atoms with van der Waals surface area (Å²) in [5, 5.41) is 5.73. The average molecular weight is 542 g/mol. The van der Waals surface area contributed by atoms with Gasteiger partial charge in [0.2, 0.25) is 5.91 Å². The number of nitrogens with zero attached hydrogens (tertiary/aromatic N) is 3. The lowest BCUT2D eigenvalue weighted by Gasteiger charge is -2.32. The molecule has 1 saturated heterocycles. The molecule has 2 aliphatic heterocycles. The smallest absolute Gasteiger partial charge is 0.272 e. The summed E-state index contributed by atoms with van der Waals surface area (Å²) in [7, 11) is 1.76. The van der Waals surface area contributed by atoms with Gasteiger partial charge in [0.15, 0.2) is 0 Å². The van der Waals surface area contributed by atoms with Crippen molar-refractivity contribution >= 4 is 41.0 Å². The molecular formula is C31H35N5O4. The maximum atomic E-state index is 13.1. The lowest BCUT2D eigenvalue weighted by molar-refractivity contribution is -0.116. The van der Waals surface area contributed by atoms with Gasteiger partial charge in [0, 0.05) is 44.2 Å². The number of aromatic nitrogens is 1. The highest BCUT2D eigenvalue weighted by Crippen LogP contribution is 2.33. The van der Waals surface area contributed by atoms with E-state index in [0.717, 1.165) is 36.9 Å². The monoisotopic (exact) mass is 541 g/mol. The molecule has 0 bridgehead atoms. The van der Waals surface area contributed by atoms with Crippen LogP contribution in [0.5, 0.6) is 5.75 Å². The number of fused-ring (bicyclic) bond motifs is 2. The molecule has 9 heteroatoms. The lowest BCUT2D eigenvalue weighted by Crippen LogP contribution is -2.43. The van der Waals surface area contributed by atoms with E-state index in [0.29, 0.717) is 47.1 Å². The van der Waals surface area contributed by atoms with Crippen molar-refractivity contribution in [3.05, 3.63) is 71.0 Å². The Bertz CT molecular complexity index is 1460. The first-order valence-electron chi connectivity index (χ1n) is 13.8. The van der Waals surface area contributed by atoms with Crippen LogP contribution in [-0.4, -0.2) is 52.6 Å². The van der Waals surface area contributed by atoms with Gasteiger partial charge in [-0.25, -0.2) is 0 Å². The van der Waals surface area contributed by atoms with Gasteiger partial charge in [0.05, 0.1) is 29.6 Å². The first-order chi connectivity index (χ1) is 19.3. The summed E-state index contributed by atoms with van der Waals surface area (Å²) in [6.45, 7) is 5.01. The zero-order valence-corrected chi connectivity index (χ0v) is 23.2. The van der Waals surface area contributed by atoms with Crippen LogP contribution < -0.4 is 15.4 Å². The molecule has 0 spiro atoms. The number of hydrogen-bond acceptors (Lipinski definition) is 5. The number of ether oxygens (including phenoxy) is 1. The molecule has 3 aromatic rings. The first kappa shape index (κ1) is 27.2. The highest BCUT2D eigenvalue weighted by atomic mass is 16.5. The molecule has 1 atom stereocenters. The summed E-state index contributed by atoms with van der Waals surface area (Å²) in [6.07, 6.45) is 7.43. The average Bonchev–Trinajstić information content (AvgIpc) is 3.25. The first-order valence-corrected chi connectivity index (χ1v) is 13.8.